The molecule has 3 rings (SSSR count). The van der Waals surface area contributed by atoms with Crippen LogP contribution in [0.5, 0.6) is 0 Å². The van der Waals surface area contributed by atoms with Crippen molar-refractivity contribution >= 4 is 31.7 Å². The number of carboxylic acid groups (broad SMARTS) is 1. The van der Waals surface area contributed by atoms with Gasteiger partial charge in [0.05, 0.1) is 34.3 Å². The lowest BCUT2D eigenvalue weighted by atomic mass is 10.1. The van der Waals surface area contributed by atoms with Crippen LogP contribution in [0.25, 0.3) is 0 Å². The zero-order chi connectivity index (χ0) is 21.2. The van der Waals surface area contributed by atoms with Crippen LogP contribution in [0.4, 0.5) is 5.69 Å². The third kappa shape index (κ3) is 4.58. The molecule has 2 aromatic rings. The van der Waals surface area contributed by atoms with Gasteiger partial charge in [-0.15, -0.1) is 0 Å². The number of morpholine rings is 1. The van der Waals surface area contributed by atoms with Gasteiger partial charge in [0.1, 0.15) is 0 Å². The van der Waals surface area contributed by atoms with E-state index in [0.29, 0.717) is 18.8 Å². The molecule has 0 radical (unpaired) electrons. The molecule has 0 unspecified atom stereocenters. The van der Waals surface area contributed by atoms with Gasteiger partial charge in [0, 0.05) is 13.1 Å². The summed E-state index contributed by atoms with van der Waals surface area (Å²) in [5, 5.41) is 9.20. The quantitative estimate of drug-likeness (QED) is 0.696. The van der Waals surface area contributed by atoms with Crippen molar-refractivity contribution in [2.75, 3.05) is 31.0 Å². The zero-order valence-electron chi connectivity index (χ0n) is 15.5. The first-order chi connectivity index (χ1) is 13.6. The van der Waals surface area contributed by atoms with E-state index in [4.69, 9.17) is 4.74 Å². The molecule has 0 spiro atoms. The molecule has 0 atom stereocenters. The van der Waals surface area contributed by atoms with Gasteiger partial charge >= 0.3 is 5.97 Å². The molecule has 0 saturated carbocycles. The Morgan fingerprint density at radius 1 is 1.03 bits per heavy atom. The maximum atomic E-state index is 12.8. The van der Waals surface area contributed by atoms with E-state index in [9.17, 15) is 26.7 Å². The van der Waals surface area contributed by atoms with Crippen LogP contribution in [-0.2, 0) is 24.8 Å². The second kappa shape index (κ2) is 8.11. The normalized spacial score (nSPS) is 15.8. The number of benzene rings is 2. The van der Waals surface area contributed by atoms with Gasteiger partial charge < -0.3 is 9.84 Å². The predicted molar refractivity (Wildman–Crippen MR) is 105 cm³/mol. The summed E-state index contributed by atoms with van der Waals surface area (Å²) in [6.07, 6.45) is 0. The molecule has 0 bridgehead atoms. The van der Waals surface area contributed by atoms with Gasteiger partial charge in [0.2, 0.25) is 10.0 Å². The van der Waals surface area contributed by atoms with Crippen molar-refractivity contribution in [1.29, 1.82) is 0 Å². The number of carboxylic acids is 1. The molecule has 2 aromatic carbocycles. The number of nitrogens with one attached hydrogen (secondary N) is 1. The molecule has 1 saturated heterocycles. The Hall–Kier alpha value is -2.47. The van der Waals surface area contributed by atoms with Gasteiger partial charge in [-0.2, -0.15) is 4.31 Å². The van der Waals surface area contributed by atoms with E-state index in [2.05, 4.69) is 4.72 Å². The highest BCUT2D eigenvalue weighted by Gasteiger charge is 2.27. The molecule has 1 fully saturated rings. The fraction of sp³-hybridized carbons (Fsp3) is 0.278. The second-order valence-electron chi connectivity index (χ2n) is 6.43. The Kier molecular flexibility index (Phi) is 5.94. The number of hydrogen-bond acceptors (Lipinski definition) is 6. The number of aromatic carboxylic acids is 1. The SMILES string of the molecule is Cc1ccc(S(=O)(=O)Nc2cccc(S(=O)(=O)N3CCOCC3)c2)cc1C(=O)O. The van der Waals surface area contributed by atoms with Crippen molar-refractivity contribution in [3.05, 3.63) is 53.6 Å². The minimum absolute atomic E-state index is 0.0465. The number of rotatable bonds is 6. The lowest BCUT2D eigenvalue weighted by Crippen LogP contribution is -2.40. The zero-order valence-corrected chi connectivity index (χ0v) is 17.2. The van der Waals surface area contributed by atoms with Crippen molar-refractivity contribution in [2.45, 2.75) is 16.7 Å². The summed E-state index contributed by atoms with van der Waals surface area (Å²) >= 11 is 0. The van der Waals surface area contributed by atoms with Crippen molar-refractivity contribution in [3.8, 4) is 0 Å². The average Bonchev–Trinajstić information content (AvgIpc) is 2.68. The number of sulfonamides is 2. The number of nitrogens with zero attached hydrogens (tertiary/aromatic N) is 1. The first-order valence-corrected chi connectivity index (χ1v) is 11.6. The van der Waals surface area contributed by atoms with Crippen molar-refractivity contribution in [1.82, 2.24) is 4.31 Å². The maximum absolute atomic E-state index is 12.8. The number of hydrogen-bond donors (Lipinski definition) is 2. The van der Waals surface area contributed by atoms with E-state index in [1.165, 1.54) is 40.7 Å². The highest BCUT2D eigenvalue weighted by Crippen LogP contribution is 2.23. The molecule has 1 aliphatic rings. The summed E-state index contributed by atoms with van der Waals surface area (Å²) in [5.41, 5.74) is 0.350. The number of aryl methyl sites for hydroxylation is 1. The largest absolute Gasteiger partial charge is 0.478 e. The summed E-state index contributed by atoms with van der Waals surface area (Å²) in [6, 6.07) is 9.22. The molecule has 11 heteroatoms. The third-order valence-corrected chi connectivity index (χ3v) is 7.72. The third-order valence-electron chi connectivity index (χ3n) is 4.44. The van der Waals surface area contributed by atoms with E-state index in [1.54, 1.807) is 6.92 Å². The smallest absolute Gasteiger partial charge is 0.335 e. The van der Waals surface area contributed by atoms with Crippen molar-refractivity contribution in [3.63, 3.8) is 0 Å². The monoisotopic (exact) mass is 440 g/mol. The van der Waals surface area contributed by atoms with Gasteiger partial charge in [0.25, 0.3) is 10.0 Å². The minimum atomic E-state index is -4.11. The topological polar surface area (TPSA) is 130 Å². The van der Waals surface area contributed by atoms with Gasteiger partial charge in [0.15, 0.2) is 0 Å². The van der Waals surface area contributed by atoms with Crippen LogP contribution in [0.1, 0.15) is 15.9 Å². The first kappa shape index (κ1) is 21.2. The molecule has 0 aromatic heterocycles. The summed E-state index contributed by atoms with van der Waals surface area (Å²) < 4.78 is 59.6. The second-order valence-corrected chi connectivity index (χ2v) is 10.1. The Balaban J connectivity index is 1.90. The van der Waals surface area contributed by atoms with Gasteiger partial charge in [-0.05, 0) is 42.8 Å². The Morgan fingerprint density at radius 2 is 1.72 bits per heavy atom. The number of carbonyl (C=O) groups is 1. The molecule has 2 N–H and O–H groups in total. The Morgan fingerprint density at radius 3 is 2.38 bits per heavy atom. The summed E-state index contributed by atoms with van der Waals surface area (Å²) in [7, 11) is -7.90. The Labute approximate surface area is 169 Å². The maximum Gasteiger partial charge on any atom is 0.335 e. The molecule has 156 valence electrons. The van der Waals surface area contributed by atoms with Crippen LogP contribution in [0.3, 0.4) is 0 Å². The van der Waals surface area contributed by atoms with Gasteiger partial charge in [-0.3, -0.25) is 4.72 Å². The molecule has 9 nitrogen and oxygen atoms in total. The number of ether oxygens (including phenoxy) is 1. The van der Waals surface area contributed by atoms with Crippen LogP contribution in [-0.4, -0.2) is 58.5 Å². The molecule has 1 aliphatic heterocycles. The molecule has 0 amide bonds. The lowest BCUT2D eigenvalue weighted by Gasteiger charge is -2.26. The highest BCUT2D eigenvalue weighted by molar-refractivity contribution is 7.92. The van der Waals surface area contributed by atoms with Gasteiger partial charge in [-0.1, -0.05) is 12.1 Å². The number of anilines is 1. The summed E-state index contributed by atoms with van der Waals surface area (Å²) in [6.45, 7) is 2.60. The van der Waals surface area contributed by atoms with E-state index in [1.807, 2.05) is 0 Å². The average molecular weight is 440 g/mol. The predicted octanol–water partition coefficient (Wildman–Crippen LogP) is 1.51. The molecule has 29 heavy (non-hydrogen) atoms. The molecule has 1 heterocycles. The van der Waals surface area contributed by atoms with Crippen molar-refractivity contribution < 1.29 is 31.5 Å². The van der Waals surface area contributed by atoms with E-state index in [-0.39, 0.29) is 34.1 Å². The molecular formula is C18H20N2O7S2. The minimum Gasteiger partial charge on any atom is -0.478 e. The van der Waals surface area contributed by atoms with E-state index >= 15 is 0 Å². The molecule has 0 aliphatic carbocycles. The van der Waals surface area contributed by atoms with Crippen LogP contribution in [0.15, 0.2) is 52.3 Å². The Bertz CT molecular complexity index is 1140. The fourth-order valence-corrected chi connectivity index (χ4v) is 5.40. The first-order valence-electron chi connectivity index (χ1n) is 8.66. The van der Waals surface area contributed by atoms with Crippen LogP contribution in [0.2, 0.25) is 0 Å². The van der Waals surface area contributed by atoms with E-state index < -0.39 is 26.0 Å². The van der Waals surface area contributed by atoms with Crippen LogP contribution >= 0.6 is 0 Å². The lowest BCUT2D eigenvalue weighted by molar-refractivity contribution is 0.0695. The standard InChI is InChI=1S/C18H20N2O7S2/c1-13-5-6-15(12-17(13)18(21)22)28(23,24)19-14-3-2-4-16(11-14)29(25,26)20-7-9-27-10-8-20/h2-6,11-12,19H,7-10H2,1H3,(H,21,22). The summed E-state index contributed by atoms with van der Waals surface area (Å²) in [5.74, 6) is -1.24. The van der Waals surface area contributed by atoms with Crippen LogP contribution in [0, 0.1) is 6.92 Å². The molecular weight excluding hydrogens is 420 g/mol. The van der Waals surface area contributed by atoms with Crippen molar-refractivity contribution in [2.24, 2.45) is 0 Å². The van der Waals surface area contributed by atoms with Crippen LogP contribution < -0.4 is 4.72 Å². The van der Waals surface area contributed by atoms with E-state index in [0.717, 1.165) is 6.07 Å². The highest BCUT2D eigenvalue weighted by atomic mass is 32.2. The summed E-state index contributed by atoms with van der Waals surface area (Å²) in [4.78, 5) is 11.0. The van der Waals surface area contributed by atoms with Gasteiger partial charge in [-0.25, -0.2) is 21.6 Å². The fourth-order valence-electron chi connectivity index (χ4n) is 2.87.